The van der Waals surface area contributed by atoms with Crippen LogP contribution in [0.2, 0.25) is 0 Å². The summed E-state index contributed by atoms with van der Waals surface area (Å²) >= 11 is 0. The van der Waals surface area contributed by atoms with Gasteiger partial charge in [-0.15, -0.1) is 0 Å². The number of nitrogens with two attached hydrogens (primary N) is 1. The van der Waals surface area contributed by atoms with Crippen LogP contribution in [-0.4, -0.2) is 23.9 Å². The van der Waals surface area contributed by atoms with Crippen LogP contribution in [0, 0.1) is 5.92 Å². The number of nitrogen functional groups attached to an aromatic ring is 1. The summed E-state index contributed by atoms with van der Waals surface area (Å²) < 4.78 is 0. The number of hydrogen-bond donors (Lipinski definition) is 1. The van der Waals surface area contributed by atoms with Gasteiger partial charge < -0.3 is 10.6 Å². The van der Waals surface area contributed by atoms with Crippen LogP contribution in [-0.2, 0) is 0 Å². The molecule has 3 nitrogen and oxygen atoms in total. The minimum atomic E-state index is 0.202. The molecule has 19 heavy (non-hydrogen) atoms. The molecule has 1 unspecified atom stereocenters. The van der Waals surface area contributed by atoms with Gasteiger partial charge >= 0.3 is 0 Å². The van der Waals surface area contributed by atoms with Crippen LogP contribution >= 0.6 is 0 Å². The Bertz CT molecular complexity index is 494. The van der Waals surface area contributed by atoms with Gasteiger partial charge in [0.15, 0.2) is 0 Å². The number of rotatable bonds is 2. The second-order valence-electron chi connectivity index (χ2n) is 6.12. The van der Waals surface area contributed by atoms with Crippen LogP contribution in [0.5, 0.6) is 0 Å². The van der Waals surface area contributed by atoms with Crippen LogP contribution < -0.4 is 5.73 Å². The number of nitrogens with zero attached hydrogens (tertiary/aromatic N) is 1. The lowest BCUT2D eigenvalue weighted by Gasteiger charge is -2.31. The van der Waals surface area contributed by atoms with Gasteiger partial charge in [0.05, 0.1) is 0 Å². The van der Waals surface area contributed by atoms with E-state index < -0.39 is 0 Å². The number of carbonyl (C=O) groups is 1. The molecule has 0 aromatic heterocycles. The van der Waals surface area contributed by atoms with Gasteiger partial charge in [0.25, 0.3) is 5.91 Å². The lowest BCUT2D eigenvalue weighted by atomic mass is 9.97. The molecular weight excluding hydrogens is 236 g/mol. The first kappa shape index (κ1) is 12.5. The largest absolute Gasteiger partial charge is 0.399 e. The highest BCUT2D eigenvalue weighted by Gasteiger charge is 2.30. The number of likely N-dealkylation sites (tertiary alicyclic amines) is 1. The van der Waals surface area contributed by atoms with Crippen molar-refractivity contribution in [3.05, 3.63) is 29.3 Å². The van der Waals surface area contributed by atoms with Gasteiger partial charge in [-0.05, 0) is 61.3 Å². The topological polar surface area (TPSA) is 46.3 Å². The molecule has 2 fully saturated rings. The highest BCUT2D eigenvalue weighted by atomic mass is 16.2. The van der Waals surface area contributed by atoms with E-state index in [0.29, 0.717) is 11.8 Å². The van der Waals surface area contributed by atoms with Gasteiger partial charge in [0, 0.05) is 24.3 Å². The highest BCUT2D eigenvalue weighted by molar-refractivity contribution is 5.96. The zero-order valence-electron chi connectivity index (χ0n) is 11.6. The van der Waals surface area contributed by atoms with E-state index in [4.69, 9.17) is 5.73 Å². The summed E-state index contributed by atoms with van der Waals surface area (Å²) in [5.41, 5.74) is 8.69. The molecule has 1 aliphatic heterocycles. The number of benzene rings is 1. The summed E-state index contributed by atoms with van der Waals surface area (Å²) in [7, 11) is 0. The van der Waals surface area contributed by atoms with E-state index in [2.05, 4.69) is 6.92 Å². The predicted molar refractivity (Wildman–Crippen MR) is 77.1 cm³/mol. The summed E-state index contributed by atoms with van der Waals surface area (Å²) in [4.78, 5) is 14.7. The molecule has 1 heterocycles. The van der Waals surface area contributed by atoms with Crippen LogP contribution in [0.3, 0.4) is 0 Å². The van der Waals surface area contributed by atoms with Crippen molar-refractivity contribution in [2.45, 2.75) is 38.5 Å². The van der Waals surface area contributed by atoms with Crippen molar-refractivity contribution in [2.24, 2.45) is 5.92 Å². The number of amides is 1. The Morgan fingerprint density at radius 3 is 2.79 bits per heavy atom. The first-order valence-corrected chi connectivity index (χ1v) is 7.34. The standard InChI is InChI=1S/C16H22N2O/c1-11-3-2-8-18(10-11)16(19)14-7-6-13(17)9-15(14)12-4-5-12/h6-7,9,11-12H,2-5,8,10,17H2,1H3. The molecule has 3 rings (SSSR count). The number of carbonyl (C=O) groups excluding carboxylic acids is 1. The van der Waals surface area contributed by atoms with E-state index in [9.17, 15) is 4.79 Å². The van der Waals surface area contributed by atoms with Crippen molar-refractivity contribution in [3.63, 3.8) is 0 Å². The summed E-state index contributed by atoms with van der Waals surface area (Å²) in [6.07, 6.45) is 4.75. The lowest BCUT2D eigenvalue weighted by Crippen LogP contribution is -2.39. The average molecular weight is 258 g/mol. The first-order chi connectivity index (χ1) is 9.15. The summed E-state index contributed by atoms with van der Waals surface area (Å²) in [6.45, 7) is 4.02. The maximum Gasteiger partial charge on any atom is 0.254 e. The fourth-order valence-corrected chi connectivity index (χ4v) is 3.05. The fraction of sp³-hybridized carbons (Fsp3) is 0.562. The summed E-state index contributed by atoms with van der Waals surface area (Å²) in [6, 6.07) is 5.77. The molecule has 2 aliphatic rings. The molecule has 0 radical (unpaired) electrons. The fourth-order valence-electron chi connectivity index (χ4n) is 3.05. The Kier molecular flexibility index (Phi) is 3.21. The average Bonchev–Trinajstić information content (AvgIpc) is 3.22. The maximum atomic E-state index is 12.7. The van der Waals surface area contributed by atoms with Gasteiger partial charge in [-0.3, -0.25) is 4.79 Å². The number of piperidine rings is 1. The van der Waals surface area contributed by atoms with Crippen LogP contribution in [0.15, 0.2) is 18.2 Å². The van der Waals surface area contributed by atoms with Crippen LogP contribution in [0.1, 0.15) is 54.4 Å². The molecule has 1 atom stereocenters. The van der Waals surface area contributed by atoms with E-state index >= 15 is 0 Å². The van der Waals surface area contributed by atoms with E-state index in [1.54, 1.807) is 0 Å². The molecule has 1 aromatic rings. The third kappa shape index (κ3) is 2.60. The smallest absolute Gasteiger partial charge is 0.254 e. The molecule has 2 N–H and O–H groups in total. The van der Waals surface area contributed by atoms with E-state index in [0.717, 1.165) is 30.8 Å². The maximum absolute atomic E-state index is 12.7. The Morgan fingerprint density at radius 2 is 2.11 bits per heavy atom. The van der Waals surface area contributed by atoms with Crippen molar-refractivity contribution in [1.82, 2.24) is 4.90 Å². The molecule has 1 saturated heterocycles. The van der Waals surface area contributed by atoms with Gasteiger partial charge in [0.1, 0.15) is 0 Å². The number of anilines is 1. The van der Waals surface area contributed by atoms with Crippen molar-refractivity contribution < 1.29 is 4.79 Å². The molecule has 3 heteroatoms. The summed E-state index contributed by atoms with van der Waals surface area (Å²) in [5, 5.41) is 0. The Morgan fingerprint density at radius 1 is 1.32 bits per heavy atom. The molecule has 1 aliphatic carbocycles. The molecule has 1 amide bonds. The van der Waals surface area contributed by atoms with Crippen molar-refractivity contribution in [2.75, 3.05) is 18.8 Å². The molecule has 0 bridgehead atoms. The Hall–Kier alpha value is -1.51. The van der Waals surface area contributed by atoms with Crippen molar-refractivity contribution >= 4 is 11.6 Å². The van der Waals surface area contributed by atoms with E-state index in [-0.39, 0.29) is 5.91 Å². The zero-order valence-corrected chi connectivity index (χ0v) is 11.6. The van der Waals surface area contributed by atoms with Gasteiger partial charge in [-0.1, -0.05) is 6.92 Å². The Labute approximate surface area is 114 Å². The predicted octanol–water partition coefficient (Wildman–Crippen LogP) is 3.02. The third-order valence-corrected chi connectivity index (χ3v) is 4.27. The number of hydrogen-bond acceptors (Lipinski definition) is 2. The van der Waals surface area contributed by atoms with E-state index in [1.165, 1.54) is 24.8 Å². The first-order valence-electron chi connectivity index (χ1n) is 7.34. The van der Waals surface area contributed by atoms with Crippen LogP contribution in [0.4, 0.5) is 5.69 Å². The molecule has 1 aromatic carbocycles. The molecule has 0 spiro atoms. The minimum absolute atomic E-state index is 0.202. The summed E-state index contributed by atoms with van der Waals surface area (Å²) in [5.74, 6) is 1.38. The van der Waals surface area contributed by atoms with Gasteiger partial charge in [-0.2, -0.15) is 0 Å². The van der Waals surface area contributed by atoms with Gasteiger partial charge in [0.2, 0.25) is 0 Å². The monoisotopic (exact) mass is 258 g/mol. The molecule has 102 valence electrons. The van der Waals surface area contributed by atoms with Crippen LogP contribution in [0.25, 0.3) is 0 Å². The normalized spacial score (nSPS) is 23.4. The molecule has 1 saturated carbocycles. The quantitative estimate of drug-likeness (QED) is 0.829. The minimum Gasteiger partial charge on any atom is -0.399 e. The van der Waals surface area contributed by atoms with E-state index in [1.807, 2.05) is 23.1 Å². The SMILES string of the molecule is CC1CCCN(C(=O)c2ccc(N)cc2C2CC2)C1. The van der Waals surface area contributed by atoms with Gasteiger partial charge in [-0.25, -0.2) is 0 Å². The second kappa shape index (κ2) is 4.87. The second-order valence-corrected chi connectivity index (χ2v) is 6.12. The highest BCUT2D eigenvalue weighted by Crippen LogP contribution is 2.42. The Balaban J connectivity index is 1.86. The van der Waals surface area contributed by atoms with Crippen molar-refractivity contribution in [3.8, 4) is 0 Å². The third-order valence-electron chi connectivity index (χ3n) is 4.27. The van der Waals surface area contributed by atoms with Crippen molar-refractivity contribution in [1.29, 1.82) is 0 Å². The zero-order chi connectivity index (χ0) is 13.4. The lowest BCUT2D eigenvalue weighted by molar-refractivity contribution is 0.0682. The molecular formula is C16H22N2O.